The third kappa shape index (κ3) is 6.75. The Kier molecular flexibility index (Phi) is 8.28. The molecule has 2 fully saturated rings. The van der Waals surface area contributed by atoms with Crippen molar-refractivity contribution in [3.63, 3.8) is 0 Å². The molecule has 4 rings (SSSR count). The second-order valence-electron chi connectivity index (χ2n) is 9.44. The number of hydrogen-bond donors (Lipinski definition) is 3. The van der Waals surface area contributed by atoms with Crippen molar-refractivity contribution in [1.29, 1.82) is 0 Å². The van der Waals surface area contributed by atoms with Crippen molar-refractivity contribution >= 4 is 11.8 Å². The lowest BCUT2D eigenvalue weighted by Crippen LogP contribution is -2.48. The molecular weight excluding hydrogens is 456 g/mol. The number of pyridine rings is 1. The van der Waals surface area contributed by atoms with Crippen molar-refractivity contribution in [3.8, 4) is 11.6 Å². The van der Waals surface area contributed by atoms with E-state index < -0.39 is 23.6 Å². The molecule has 35 heavy (non-hydrogen) atoms. The van der Waals surface area contributed by atoms with Gasteiger partial charge in [0, 0.05) is 12.1 Å². The van der Waals surface area contributed by atoms with Gasteiger partial charge in [-0.3, -0.25) is 9.59 Å². The summed E-state index contributed by atoms with van der Waals surface area (Å²) in [5.74, 6) is -1.71. The van der Waals surface area contributed by atoms with Crippen LogP contribution in [0.15, 0.2) is 36.5 Å². The molecule has 0 saturated heterocycles. The van der Waals surface area contributed by atoms with Crippen LogP contribution < -0.4 is 15.4 Å². The molecule has 188 valence electrons. The van der Waals surface area contributed by atoms with Gasteiger partial charge in [0.1, 0.15) is 29.1 Å². The molecule has 2 aromatic rings. The van der Waals surface area contributed by atoms with Gasteiger partial charge in [0.05, 0.1) is 6.20 Å². The maximum Gasteiger partial charge on any atom is 0.257 e. The van der Waals surface area contributed by atoms with Crippen LogP contribution in [0.1, 0.15) is 68.1 Å². The summed E-state index contributed by atoms with van der Waals surface area (Å²) in [6.45, 7) is 0. The lowest BCUT2D eigenvalue weighted by Gasteiger charge is -2.32. The molecule has 9 heteroatoms. The third-order valence-electron chi connectivity index (χ3n) is 6.86. The van der Waals surface area contributed by atoms with Gasteiger partial charge < -0.3 is 20.5 Å². The monoisotopic (exact) mass is 487 g/mol. The topological polar surface area (TPSA) is 101 Å². The van der Waals surface area contributed by atoms with Gasteiger partial charge in [-0.15, -0.1) is 0 Å². The fourth-order valence-corrected chi connectivity index (χ4v) is 4.88. The first-order chi connectivity index (χ1) is 16.9. The molecule has 2 aliphatic carbocycles. The summed E-state index contributed by atoms with van der Waals surface area (Å²) in [7, 11) is 0. The Morgan fingerprint density at radius 2 is 1.54 bits per heavy atom. The molecule has 0 radical (unpaired) electrons. The Morgan fingerprint density at radius 3 is 2.20 bits per heavy atom. The minimum absolute atomic E-state index is 0.0329. The normalized spacial score (nSPS) is 21.7. The van der Waals surface area contributed by atoms with Crippen LogP contribution in [0.25, 0.3) is 0 Å². The van der Waals surface area contributed by atoms with E-state index in [9.17, 15) is 23.5 Å². The van der Waals surface area contributed by atoms with Crippen molar-refractivity contribution in [3.05, 3.63) is 53.7 Å². The van der Waals surface area contributed by atoms with E-state index in [4.69, 9.17) is 4.74 Å². The zero-order valence-corrected chi connectivity index (χ0v) is 19.5. The SMILES string of the molecule is O=C(NC1CCC(NC(=O)[C@H](O)C2CCCCC2)CC1)c1cc(F)cnc1Oc1ccc(F)cc1. The number of nitrogens with one attached hydrogen (secondary N) is 2. The van der Waals surface area contributed by atoms with Crippen molar-refractivity contribution in [2.24, 2.45) is 5.92 Å². The van der Waals surface area contributed by atoms with Crippen LogP contribution in [-0.4, -0.2) is 40.1 Å². The number of aromatic nitrogens is 1. The highest BCUT2D eigenvalue weighted by Crippen LogP contribution is 2.28. The predicted octanol–water partition coefficient (Wildman–Crippen LogP) is 4.25. The summed E-state index contributed by atoms with van der Waals surface area (Å²) in [5.41, 5.74) is -0.0552. The van der Waals surface area contributed by atoms with Crippen LogP contribution in [0, 0.1) is 17.6 Å². The molecule has 2 amide bonds. The zero-order chi connectivity index (χ0) is 24.8. The van der Waals surface area contributed by atoms with Gasteiger partial charge in [-0.25, -0.2) is 13.8 Å². The van der Waals surface area contributed by atoms with E-state index in [1.165, 1.54) is 24.3 Å². The molecule has 0 aliphatic heterocycles. The number of amides is 2. The number of benzene rings is 1. The first-order valence-electron chi connectivity index (χ1n) is 12.3. The highest BCUT2D eigenvalue weighted by Gasteiger charge is 2.31. The van der Waals surface area contributed by atoms with Crippen molar-refractivity contribution in [2.45, 2.75) is 76.0 Å². The Balaban J connectivity index is 1.30. The molecule has 0 bridgehead atoms. The van der Waals surface area contributed by atoms with Gasteiger partial charge >= 0.3 is 0 Å². The van der Waals surface area contributed by atoms with Crippen molar-refractivity contribution < 1.29 is 28.2 Å². The number of carbonyl (C=O) groups is 2. The van der Waals surface area contributed by atoms with Crippen LogP contribution in [-0.2, 0) is 4.79 Å². The first kappa shape index (κ1) is 25.0. The van der Waals surface area contributed by atoms with E-state index in [2.05, 4.69) is 15.6 Å². The maximum absolute atomic E-state index is 13.8. The molecule has 1 aromatic carbocycles. The molecule has 7 nitrogen and oxygen atoms in total. The van der Waals surface area contributed by atoms with E-state index in [0.29, 0.717) is 25.7 Å². The lowest BCUT2D eigenvalue weighted by molar-refractivity contribution is -0.133. The first-order valence-corrected chi connectivity index (χ1v) is 12.3. The van der Waals surface area contributed by atoms with Crippen molar-refractivity contribution in [2.75, 3.05) is 0 Å². The summed E-state index contributed by atoms with van der Waals surface area (Å²) < 4.78 is 32.6. The number of aliphatic hydroxyl groups is 1. The standard InChI is InChI=1S/C26H31F2N3O4/c27-17-6-12-21(13-7-17)35-26-22(14-18(28)15-29-26)24(33)30-19-8-10-20(11-9-19)31-25(34)23(32)16-4-2-1-3-5-16/h6-7,12-16,19-20,23,32H,1-5,8-11H2,(H,30,33)(H,31,34)/t19?,20?,23-/m1/s1. The van der Waals surface area contributed by atoms with Crippen molar-refractivity contribution in [1.82, 2.24) is 15.6 Å². The summed E-state index contributed by atoms with van der Waals surface area (Å²) in [6, 6.07) is 6.06. The molecule has 1 aromatic heterocycles. The Bertz CT molecular complexity index is 1020. The maximum atomic E-state index is 13.8. The number of ether oxygens (including phenoxy) is 1. The summed E-state index contributed by atoms with van der Waals surface area (Å²) >= 11 is 0. The number of rotatable bonds is 7. The van der Waals surface area contributed by atoms with Crippen LogP contribution >= 0.6 is 0 Å². The minimum Gasteiger partial charge on any atom is -0.438 e. The molecule has 2 saturated carbocycles. The fraction of sp³-hybridized carbons (Fsp3) is 0.500. The van der Waals surface area contributed by atoms with Crippen LogP contribution in [0.2, 0.25) is 0 Å². The average Bonchev–Trinajstić information content (AvgIpc) is 2.87. The number of carbonyl (C=O) groups excluding carboxylic acids is 2. The van der Waals surface area contributed by atoms with E-state index in [-0.39, 0.29) is 41.1 Å². The minimum atomic E-state index is -0.965. The van der Waals surface area contributed by atoms with Gasteiger partial charge in [-0.1, -0.05) is 19.3 Å². The predicted molar refractivity (Wildman–Crippen MR) is 125 cm³/mol. The molecule has 1 heterocycles. The van der Waals surface area contributed by atoms with E-state index >= 15 is 0 Å². The number of nitrogens with zero attached hydrogens (tertiary/aromatic N) is 1. The molecule has 1 atom stereocenters. The molecule has 2 aliphatic rings. The van der Waals surface area contributed by atoms with Gasteiger partial charge in [-0.05, 0) is 74.8 Å². The third-order valence-corrected chi connectivity index (χ3v) is 6.86. The van der Waals surface area contributed by atoms with Gasteiger partial charge in [-0.2, -0.15) is 0 Å². The zero-order valence-electron chi connectivity index (χ0n) is 19.5. The highest BCUT2D eigenvalue weighted by molar-refractivity contribution is 5.96. The number of hydrogen-bond acceptors (Lipinski definition) is 5. The molecule has 0 spiro atoms. The van der Waals surface area contributed by atoms with E-state index in [1.54, 1.807) is 0 Å². The van der Waals surface area contributed by atoms with Gasteiger partial charge in [0.2, 0.25) is 11.8 Å². The number of aliphatic hydroxyl groups excluding tert-OH is 1. The Hall–Kier alpha value is -3.07. The summed E-state index contributed by atoms with van der Waals surface area (Å²) in [5, 5.41) is 16.3. The fourth-order valence-electron chi connectivity index (χ4n) is 4.88. The highest BCUT2D eigenvalue weighted by atomic mass is 19.1. The lowest BCUT2D eigenvalue weighted by atomic mass is 9.84. The largest absolute Gasteiger partial charge is 0.438 e. The second kappa shape index (κ2) is 11.6. The smallest absolute Gasteiger partial charge is 0.257 e. The molecule has 3 N–H and O–H groups in total. The molecular formula is C26H31F2N3O4. The summed E-state index contributed by atoms with van der Waals surface area (Å²) in [4.78, 5) is 29.3. The van der Waals surface area contributed by atoms with Crippen LogP contribution in [0.3, 0.4) is 0 Å². The van der Waals surface area contributed by atoms with E-state index in [1.807, 2.05) is 0 Å². The van der Waals surface area contributed by atoms with Crippen LogP contribution in [0.5, 0.6) is 11.6 Å². The second-order valence-corrected chi connectivity index (χ2v) is 9.44. The average molecular weight is 488 g/mol. The number of halogens is 2. The quantitative estimate of drug-likeness (QED) is 0.542. The van der Waals surface area contributed by atoms with Gasteiger partial charge in [0.15, 0.2) is 0 Å². The Morgan fingerprint density at radius 1 is 0.914 bits per heavy atom. The molecule has 0 unspecified atom stereocenters. The summed E-state index contributed by atoms with van der Waals surface area (Å²) in [6.07, 6.45) is 7.60. The Labute approximate surface area is 203 Å². The van der Waals surface area contributed by atoms with Gasteiger partial charge in [0.25, 0.3) is 5.91 Å². The van der Waals surface area contributed by atoms with E-state index in [0.717, 1.165) is 44.4 Å². The van der Waals surface area contributed by atoms with Crippen LogP contribution in [0.4, 0.5) is 8.78 Å².